The second kappa shape index (κ2) is 20.2. The zero-order valence-electron chi connectivity index (χ0n) is 35.6. The van der Waals surface area contributed by atoms with Crippen molar-refractivity contribution in [3.63, 3.8) is 0 Å². The Balaban J connectivity index is 0.672. The number of nitrogens with one attached hydrogen (secondary N) is 3. The van der Waals surface area contributed by atoms with E-state index in [0.29, 0.717) is 90.1 Å². The van der Waals surface area contributed by atoms with E-state index in [1.54, 1.807) is 26.9 Å². The van der Waals surface area contributed by atoms with Gasteiger partial charge < -0.3 is 24.8 Å². The number of rotatable bonds is 18. The van der Waals surface area contributed by atoms with Gasteiger partial charge in [-0.15, -0.1) is 0 Å². The van der Waals surface area contributed by atoms with E-state index in [0.717, 1.165) is 36.0 Å². The Morgan fingerprint density at radius 2 is 1.56 bits per heavy atom. The van der Waals surface area contributed by atoms with Gasteiger partial charge in [-0.3, -0.25) is 48.5 Å². The highest BCUT2D eigenvalue weighted by Crippen LogP contribution is 2.34. The Kier molecular flexibility index (Phi) is 14.3. The number of imide groups is 2. The summed E-state index contributed by atoms with van der Waals surface area (Å²) in [5, 5.41) is 9.03. The fourth-order valence-corrected chi connectivity index (χ4v) is 10.6. The molecular weight excluding hydrogens is 853 g/mol. The number of amides is 5. The first kappa shape index (κ1) is 45.2. The summed E-state index contributed by atoms with van der Waals surface area (Å²) in [5.74, 6) is -2.57. The Morgan fingerprint density at radius 1 is 0.828 bits per heavy atom. The first-order chi connectivity index (χ1) is 31.0. The molecule has 22 heteroatoms. The molecule has 344 valence electrons. The van der Waals surface area contributed by atoms with Crippen molar-refractivity contribution >= 4 is 56.7 Å². The summed E-state index contributed by atoms with van der Waals surface area (Å²) in [5.41, 5.74) is 0.602. The molecule has 1 aromatic carbocycles. The Bertz CT molecular complexity index is 2410. The van der Waals surface area contributed by atoms with Crippen LogP contribution in [0, 0.1) is 0 Å². The topological polar surface area (TPSA) is 244 Å². The average molecular weight is 907 g/mol. The molecule has 0 bridgehead atoms. The minimum absolute atomic E-state index is 0.00136. The first-order valence-electron chi connectivity index (χ1n) is 22.0. The Hall–Kier alpha value is -5.39. The predicted octanol–water partition coefficient (Wildman–Crippen LogP) is 0.275. The number of hydrogen-bond donors (Lipinski definition) is 3. The van der Waals surface area contributed by atoms with E-state index >= 15 is 0 Å². The number of pyridine rings is 1. The van der Waals surface area contributed by atoms with Crippen LogP contribution in [-0.2, 0) is 34.1 Å². The molecule has 8 rings (SSSR count). The van der Waals surface area contributed by atoms with Crippen molar-refractivity contribution in [3.05, 3.63) is 58.0 Å². The zero-order valence-corrected chi connectivity index (χ0v) is 36.4. The number of piperidine rings is 2. The molecule has 0 radical (unpaired) electrons. The number of benzene rings is 1. The van der Waals surface area contributed by atoms with Crippen LogP contribution < -0.4 is 26.2 Å². The quantitative estimate of drug-likeness (QED) is 0.115. The number of piperazine rings is 1. The van der Waals surface area contributed by atoms with Crippen molar-refractivity contribution in [1.82, 2.24) is 43.6 Å². The van der Waals surface area contributed by atoms with Crippen LogP contribution in [-0.4, -0.2) is 168 Å². The smallest absolute Gasteiger partial charge is 0.282 e. The lowest BCUT2D eigenvalue weighted by atomic mass is 10.0. The van der Waals surface area contributed by atoms with Gasteiger partial charge in [0.05, 0.1) is 37.6 Å². The Morgan fingerprint density at radius 3 is 2.31 bits per heavy atom. The van der Waals surface area contributed by atoms with Crippen LogP contribution in [0.15, 0.2) is 41.3 Å². The van der Waals surface area contributed by atoms with E-state index in [1.807, 2.05) is 4.57 Å². The molecule has 3 aromatic rings. The second-order valence-electron chi connectivity index (χ2n) is 16.5. The third kappa shape index (κ3) is 10.1. The maximum Gasteiger partial charge on any atom is 0.282 e. The molecule has 5 aliphatic rings. The molecule has 4 aliphatic heterocycles. The van der Waals surface area contributed by atoms with Gasteiger partial charge in [0.2, 0.25) is 17.8 Å². The zero-order chi connectivity index (χ0) is 44.8. The summed E-state index contributed by atoms with van der Waals surface area (Å²) < 4.78 is 48.9. The summed E-state index contributed by atoms with van der Waals surface area (Å²) in [6.07, 6.45) is 7.11. The van der Waals surface area contributed by atoms with Crippen LogP contribution >= 0.6 is 0 Å². The van der Waals surface area contributed by atoms with Gasteiger partial charge in [0.1, 0.15) is 17.4 Å². The summed E-state index contributed by atoms with van der Waals surface area (Å²) >= 11 is 0. The summed E-state index contributed by atoms with van der Waals surface area (Å²) in [4.78, 5) is 87.6. The van der Waals surface area contributed by atoms with E-state index in [2.05, 4.69) is 25.8 Å². The Labute approximate surface area is 369 Å². The molecule has 64 heavy (non-hydrogen) atoms. The predicted molar refractivity (Wildman–Crippen MR) is 230 cm³/mol. The fraction of sp³-hybridized carbons (Fsp3) is 0.571. The normalized spacial score (nSPS) is 20.8. The second-order valence-corrected chi connectivity index (χ2v) is 18.4. The summed E-state index contributed by atoms with van der Waals surface area (Å²) in [6, 6.07) is 6.81. The van der Waals surface area contributed by atoms with Gasteiger partial charge in [0.25, 0.3) is 33.5 Å². The highest BCUT2D eigenvalue weighted by atomic mass is 32.2. The molecule has 21 nitrogen and oxygen atoms in total. The average Bonchev–Trinajstić information content (AvgIpc) is 3.91. The lowest BCUT2D eigenvalue weighted by molar-refractivity contribution is -0.136. The van der Waals surface area contributed by atoms with Crippen molar-refractivity contribution in [2.75, 3.05) is 90.7 Å². The van der Waals surface area contributed by atoms with E-state index in [-0.39, 0.29) is 60.5 Å². The molecule has 0 spiro atoms. The maximum absolute atomic E-state index is 13.6. The molecule has 1 unspecified atom stereocenters. The largest absolute Gasteiger partial charge is 0.483 e. The molecule has 1 saturated carbocycles. The van der Waals surface area contributed by atoms with Gasteiger partial charge in [0, 0.05) is 88.5 Å². The number of aromatic nitrogens is 3. The van der Waals surface area contributed by atoms with Gasteiger partial charge >= 0.3 is 0 Å². The van der Waals surface area contributed by atoms with Crippen LogP contribution in [0.25, 0.3) is 11.0 Å². The van der Waals surface area contributed by atoms with Crippen molar-refractivity contribution < 1.29 is 46.6 Å². The van der Waals surface area contributed by atoms with Gasteiger partial charge in [-0.25, -0.2) is 4.98 Å². The first-order valence-corrected chi connectivity index (χ1v) is 23.4. The minimum Gasteiger partial charge on any atom is -0.483 e. The van der Waals surface area contributed by atoms with Crippen LogP contribution in [0.5, 0.6) is 5.75 Å². The van der Waals surface area contributed by atoms with Gasteiger partial charge in [-0.1, -0.05) is 18.9 Å². The van der Waals surface area contributed by atoms with Crippen LogP contribution in [0.3, 0.4) is 0 Å². The highest BCUT2D eigenvalue weighted by molar-refractivity contribution is 7.86. The minimum atomic E-state index is -3.61. The van der Waals surface area contributed by atoms with Crippen LogP contribution in [0.4, 0.5) is 5.95 Å². The van der Waals surface area contributed by atoms with E-state index in [9.17, 15) is 37.2 Å². The van der Waals surface area contributed by atoms with Crippen molar-refractivity contribution in [3.8, 4) is 5.75 Å². The SMILES string of the molecule is O=C(COc1cccc2c1C(=O)N(C1CCC(=O)NC1=O)C2=O)NCCOCCOCCN1CCN(S(=O)(=O)N2CCC(Nc3ncc4ccc(=O)n(C5CCCC5)c4n3)CC2)CC1. The summed E-state index contributed by atoms with van der Waals surface area (Å²) in [6.45, 7) is 4.47. The molecule has 3 N–H and O–H groups in total. The van der Waals surface area contributed by atoms with Crippen molar-refractivity contribution in [2.45, 2.75) is 69.5 Å². The molecule has 1 aliphatic carbocycles. The third-order valence-corrected chi connectivity index (χ3v) is 14.4. The monoisotopic (exact) mass is 906 g/mol. The lowest BCUT2D eigenvalue weighted by Crippen LogP contribution is -2.55. The number of carbonyl (C=O) groups is 5. The highest BCUT2D eigenvalue weighted by Gasteiger charge is 2.46. The molecule has 5 amide bonds. The van der Waals surface area contributed by atoms with Gasteiger partial charge in [-0.05, 0) is 50.3 Å². The molecule has 3 saturated heterocycles. The maximum atomic E-state index is 13.6. The third-order valence-electron chi connectivity index (χ3n) is 12.4. The molecule has 2 aromatic heterocycles. The molecule has 4 fully saturated rings. The number of ether oxygens (including phenoxy) is 3. The number of carbonyl (C=O) groups excluding carboxylic acids is 5. The molecular formula is C42H54N10O11S. The molecule has 1 atom stereocenters. The standard InChI is InChI=1S/C42H54N10O11S/c53-34-10-9-32(39(56)46-34)52-40(57)31-6-3-7-33(37(31)41(52)58)63-27-35(54)43-14-22-61-24-25-62-23-21-48-17-19-50(20-18-48)64(59,60)49-15-12-29(13-16-49)45-42-44-26-28-8-11-36(55)51(38(28)47-42)30-4-1-2-5-30/h3,6-8,11,26,29-30,32H,1-2,4-5,9-10,12-25,27H2,(H,43,54)(H,44,45,47)(H,46,53,56). The fourth-order valence-electron chi connectivity index (χ4n) is 8.96. The number of anilines is 1. The van der Waals surface area contributed by atoms with E-state index in [4.69, 9.17) is 19.2 Å². The van der Waals surface area contributed by atoms with Gasteiger partial charge in [-0.2, -0.15) is 22.0 Å². The summed E-state index contributed by atoms with van der Waals surface area (Å²) in [7, 11) is -3.61. The number of hydrogen-bond acceptors (Lipinski definition) is 15. The van der Waals surface area contributed by atoms with Crippen LogP contribution in [0.2, 0.25) is 0 Å². The van der Waals surface area contributed by atoms with Crippen molar-refractivity contribution in [2.24, 2.45) is 0 Å². The van der Waals surface area contributed by atoms with Crippen LogP contribution in [0.1, 0.15) is 78.1 Å². The van der Waals surface area contributed by atoms with Gasteiger partial charge in [0.15, 0.2) is 6.61 Å². The van der Waals surface area contributed by atoms with E-state index < -0.39 is 52.4 Å². The lowest BCUT2D eigenvalue weighted by Gasteiger charge is -2.38. The number of nitrogens with zero attached hydrogens (tertiary/aromatic N) is 7. The van der Waals surface area contributed by atoms with Crippen molar-refractivity contribution in [1.29, 1.82) is 0 Å². The van der Waals surface area contributed by atoms with E-state index in [1.165, 1.54) is 18.2 Å². The molecule has 6 heterocycles. The number of fused-ring (bicyclic) bond motifs is 2.